The first-order chi connectivity index (χ1) is 8.76. The Hall–Kier alpha value is -0.410. The van der Waals surface area contributed by atoms with Crippen LogP contribution >= 0.6 is 0 Å². The van der Waals surface area contributed by atoms with Crippen LogP contribution in [0.4, 0.5) is 0 Å². The SMILES string of the molecule is CC1(C)CC(C(=O)C2CC23CCNCC3)C(C)(C)O1. The van der Waals surface area contributed by atoms with Gasteiger partial charge in [0.15, 0.2) is 0 Å². The molecule has 1 aliphatic carbocycles. The van der Waals surface area contributed by atoms with Crippen molar-refractivity contribution >= 4 is 5.78 Å². The quantitative estimate of drug-likeness (QED) is 0.834. The zero-order valence-electron chi connectivity index (χ0n) is 12.7. The molecule has 1 spiro atoms. The van der Waals surface area contributed by atoms with Crippen LogP contribution in [0.5, 0.6) is 0 Å². The molecule has 0 aromatic carbocycles. The van der Waals surface area contributed by atoms with E-state index >= 15 is 0 Å². The number of hydrogen-bond acceptors (Lipinski definition) is 3. The van der Waals surface area contributed by atoms with Gasteiger partial charge in [-0.2, -0.15) is 0 Å². The van der Waals surface area contributed by atoms with E-state index in [4.69, 9.17) is 4.74 Å². The second-order valence-corrected chi connectivity index (χ2v) is 7.99. The van der Waals surface area contributed by atoms with Gasteiger partial charge in [-0.25, -0.2) is 0 Å². The number of carbonyl (C=O) groups excluding carboxylic acids is 1. The van der Waals surface area contributed by atoms with Crippen LogP contribution in [0.3, 0.4) is 0 Å². The maximum Gasteiger partial charge on any atom is 0.142 e. The van der Waals surface area contributed by atoms with Gasteiger partial charge >= 0.3 is 0 Å². The highest BCUT2D eigenvalue weighted by molar-refractivity contribution is 5.88. The number of nitrogens with one attached hydrogen (secondary N) is 1. The van der Waals surface area contributed by atoms with Crippen molar-refractivity contribution in [1.82, 2.24) is 5.32 Å². The average molecular weight is 265 g/mol. The summed E-state index contributed by atoms with van der Waals surface area (Å²) < 4.78 is 6.09. The molecule has 3 aliphatic rings. The number of rotatable bonds is 2. The fourth-order valence-electron chi connectivity index (χ4n) is 4.48. The number of ketones is 1. The Bertz CT molecular complexity index is 394. The molecular weight excluding hydrogens is 238 g/mol. The van der Waals surface area contributed by atoms with Crippen molar-refractivity contribution in [2.24, 2.45) is 17.3 Å². The number of Topliss-reactive ketones (excluding diaryl/α,β-unsaturated/α-hetero) is 1. The Balaban J connectivity index is 1.72. The molecule has 0 radical (unpaired) electrons. The normalized spacial score (nSPS) is 38.3. The van der Waals surface area contributed by atoms with Gasteiger partial charge in [0.1, 0.15) is 5.78 Å². The Morgan fingerprint density at radius 3 is 2.21 bits per heavy atom. The van der Waals surface area contributed by atoms with Crippen molar-refractivity contribution in [3.05, 3.63) is 0 Å². The third-order valence-electron chi connectivity index (χ3n) is 5.55. The second-order valence-electron chi connectivity index (χ2n) is 7.99. The van der Waals surface area contributed by atoms with Crippen molar-refractivity contribution < 1.29 is 9.53 Å². The Morgan fingerprint density at radius 2 is 1.68 bits per heavy atom. The van der Waals surface area contributed by atoms with Gasteiger partial charge in [0.05, 0.1) is 11.2 Å². The first kappa shape index (κ1) is 13.6. The topological polar surface area (TPSA) is 38.3 Å². The van der Waals surface area contributed by atoms with Gasteiger partial charge in [-0.05, 0) is 71.9 Å². The molecule has 2 heterocycles. The molecule has 3 fully saturated rings. The van der Waals surface area contributed by atoms with Crippen molar-refractivity contribution in [1.29, 1.82) is 0 Å². The summed E-state index contributed by atoms with van der Waals surface area (Å²) in [5.41, 5.74) is -0.0948. The van der Waals surface area contributed by atoms with Crippen LogP contribution in [0.1, 0.15) is 53.4 Å². The van der Waals surface area contributed by atoms with Crippen LogP contribution in [0, 0.1) is 17.3 Å². The van der Waals surface area contributed by atoms with E-state index in [9.17, 15) is 4.79 Å². The summed E-state index contributed by atoms with van der Waals surface area (Å²) in [7, 11) is 0. The van der Waals surface area contributed by atoms with Gasteiger partial charge in [-0.3, -0.25) is 4.79 Å². The van der Waals surface area contributed by atoms with Gasteiger partial charge in [0.25, 0.3) is 0 Å². The lowest BCUT2D eigenvalue weighted by atomic mass is 9.79. The van der Waals surface area contributed by atoms with E-state index in [1.54, 1.807) is 0 Å². The van der Waals surface area contributed by atoms with Crippen molar-refractivity contribution in [3.63, 3.8) is 0 Å². The molecule has 108 valence electrons. The number of piperidine rings is 1. The van der Waals surface area contributed by atoms with E-state index in [0.29, 0.717) is 17.1 Å². The van der Waals surface area contributed by atoms with Crippen LogP contribution in [0.25, 0.3) is 0 Å². The van der Waals surface area contributed by atoms with Crippen LogP contribution in [-0.2, 0) is 9.53 Å². The van der Waals surface area contributed by atoms with Crippen molar-refractivity contribution in [2.75, 3.05) is 13.1 Å². The minimum atomic E-state index is -0.294. The van der Waals surface area contributed by atoms with Gasteiger partial charge in [-0.1, -0.05) is 0 Å². The molecule has 2 atom stereocenters. The minimum Gasteiger partial charge on any atom is -0.369 e. The summed E-state index contributed by atoms with van der Waals surface area (Å²) in [6.07, 6.45) is 4.37. The predicted molar refractivity (Wildman–Crippen MR) is 75.0 cm³/mol. The molecule has 2 saturated heterocycles. The first-order valence-corrected chi connectivity index (χ1v) is 7.70. The Morgan fingerprint density at radius 1 is 1.05 bits per heavy atom. The standard InChI is InChI=1S/C16H27NO2/c1-14(2)9-11(15(3,4)19-14)13(18)12-10-16(12)5-7-17-8-6-16/h11-12,17H,5-10H2,1-4H3. The highest BCUT2D eigenvalue weighted by Crippen LogP contribution is 2.61. The van der Waals surface area contributed by atoms with Crippen LogP contribution in [-0.4, -0.2) is 30.1 Å². The molecule has 0 amide bonds. The fourth-order valence-corrected chi connectivity index (χ4v) is 4.48. The van der Waals surface area contributed by atoms with Crippen LogP contribution < -0.4 is 5.32 Å². The van der Waals surface area contributed by atoms with E-state index in [2.05, 4.69) is 33.0 Å². The smallest absolute Gasteiger partial charge is 0.142 e. The summed E-state index contributed by atoms with van der Waals surface area (Å²) in [6.45, 7) is 10.5. The molecular formula is C16H27NO2. The van der Waals surface area contributed by atoms with E-state index < -0.39 is 0 Å². The third-order valence-corrected chi connectivity index (χ3v) is 5.55. The van der Waals surface area contributed by atoms with Gasteiger partial charge in [0.2, 0.25) is 0 Å². The van der Waals surface area contributed by atoms with Crippen LogP contribution in [0.15, 0.2) is 0 Å². The zero-order chi connectivity index (χ0) is 13.9. The monoisotopic (exact) mass is 265 g/mol. The fraction of sp³-hybridized carbons (Fsp3) is 0.938. The molecule has 2 unspecified atom stereocenters. The summed E-state index contributed by atoms with van der Waals surface area (Å²) in [4.78, 5) is 12.9. The molecule has 19 heavy (non-hydrogen) atoms. The predicted octanol–water partition coefficient (Wildman–Crippen LogP) is 2.54. The van der Waals surface area contributed by atoms with Crippen molar-refractivity contribution in [3.8, 4) is 0 Å². The van der Waals surface area contributed by atoms with E-state index in [0.717, 1.165) is 25.9 Å². The summed E-state index contributed by atoms with van der Waals surface area (Å²) in [5.74, 6) is 0.885. The molecule has 1 N–H and O–H groups in total. The third kappa shape index (κ3) is 2.25. The highest BCUT2D eigenvalue weighted by Gasteiger charge is 2.61. The van der Waals surface area contributed by atoms with Gasteiger partial charge in [0, 0.05) is 11.8 Å². The number of carbonyl (C=O) groups is 1. The zero-order valence-corrected chi connectivity index (χ0v) is 12.7. The van der Waals surface area contributed by atoms with E-state index in [1.165, 1.54) is 12.8 Å². The average Bonchev–Trinajstić information content (AvgIpc) is 2.92. The number of hydrogen-bond donors (Lipinski definition) is 1. The lowest BCUT2D eigenvalue weighted by Crippen LogP contribution is -2.37. The molecule has 3 heteroatoms. The molecule has 3 rings (SSSR count). The van der Waals surface area contributed by atoms with E-state index in [1.807, 2.05) is 0 Å². The lowest BCUT2D eigenvalue weighted by molar-refractivity contribution is -0.131. The molecule has 0 aromatic heterocycles. The Kier molecular flexibility index (Phi) is 2.89. The lowest BCUT2D eigenvalue weighted by Gasteiger charge is -2.28. The maximum atomic E-state index is 12.9. The Labute approximate surface area is 116 Å². The molecule has 2 aliphatic heterocycles. The summed E-state index contributed by atoms with van der Waals surface area (Å²) in [5, 5.41) is 3.40. The van der Waals surface area contributed by atoms with Gasteiger partial charge in [-0.15, -0.1) is 0 Å². The summed E-state index contributed by atoms with van der Waals surface area (Å²) >= 11 is 0. The van der Waals surface area contributed by atoms with Gasteiger partial charge < -0.3 is 10.1 Å². The van der Waals surface area contributed by atoms with Crippen LogP contribution in [0.2, 0.25) is 0 Å². The minimum absolute atomic E-state index is 0.0850. The van der Waals surface area contributed by atoms with E-state index in [-0.39, 0.29) is 17.1 Å². The largest absolute Gasteiger partial charge is 0.369 e. The second kappa shape index (κ2) is 4.05. The first-order valence-electron chi connectivity index (χ1n) is 7.70. The maximum absolute atomic E-state index is 12.9. The highest BCUT2D eigenvalue weighted by atomic mass is 16.5. The summed E-state index contributed by atoms with van der Waals surface area (Å²) in [6, 6.07) is 0. The van der Waals surface area contributed by atoms with Crippen molar-refractivity contribution in [2.45, 2.75) is 64.6 Å². The number of ether oxygens (including phenoxy) is 1. The molecule has 0 bridgehead atoms. The molecule has 1 saturated carbocycles. The molecule has 0 aromatic rings. The molecule has 3 nitrogen and oxygen atoms in total.